The van der Waals surface area contributed by atoms with Crippen molar-refractivity contribution in [3.05, 3.63) is 42.4 Å². The maximum Gasteiger partial charge on any atom is 0.207 e. The van der Waals surface area contributed by atoms with Crippen LogP contribution in [0.3, 0.4) is 0 Å². The number of hydrogen-bond donors (Lipinski definition) is 1. The van der Waals surface area contributed by atoms with Crippen LogP contribution in [-0.2, 0) is 11.2 Å². The normalized spacial score (nSPS) is 9.09. The monoisotopic (exact) mass is 148 g/mol. The lowest BCUT2D eigenvalue weighted by atomic mass is 10.2. The molecule has 0 atom stereocenters. The van der Waals surface area contributed by atoms with E-state index in [4.69, 9.17) is 0 Å². The van der Waals surface area contributed by atoms with Gasteiger partial charge in [0.05, 0.1) is 6.54 Å². The van der Waals surface area contributed by atoms with Crippen LogP contribution in [0.4, 0.5) is 0 Å². The molecule has 2 heteroatoms. The van der Waals surface area contributed by atoms with Crippen molar-refractivity contribution in [1.29, 1.82) is 0 Å². The first-order chi connectivity index (χ1) is 5.43. The summed E-state index contributed by atoms with van der Waals surface area (Å²) in [6.45, 7) is 1.72. The lowest BCUT2D eigenvalue weighted by molar-refractivity contribution is -0.109. The van der Waals surface area contributed by atoms with Gasteiger partial charge in [0.15, 0.2) is 0 Å². The minimum absolute atomic E-state index is 0.670. The molecule has 2 nitrogen and oxygen atoms in total. The molecule has 0 saturated carbocycles. The maximum atomic E-state index is 9.85. The smallest absolute Gasteiger partial charge is 0.207 e. The SMILES string of the molecule is O=CN[CH]Cc1ccccc1. The van der Waals surface area contributed by atoms with Crippen LogP contribution in [0, 0.1) is 6.54 Å². The van der Waals surface area contributed by atoms with Crippen molar-refractivity contribution >= 4 is 6.41 Å². The molecule has 0 spiro atoms. The number of carbonyl (C=O) groups is 1. The molecule has 57 valence electrons. The van der Waals surface area contributed by atoms with E-state index in [1.165, 1.54) is 5.56 Å². The zero-order chi connectivity index (χ0) is 7.94. The molecule has 1 radical (unpaired) electrons. The van der Waals surface area contributed by atoms with E-state index in [1.54, 1.807) is 6.54 Å². The summed E-state index contributed by atoms with van der Waals surface area (Å²) < 4.78 is 0. The molecule has 1 amide bonds. The quantitative estimate of drug-likeness (QED) is 0.503. The van der Waals surface area contributed by atoms with Crippen molar-refractivity contribution in [3.63, 3.8) is 0 Å². The fraction of sp³-hybridized carbons (Fsp3) is 0.111. The van der Waals surface area contributed by atoms with Crippen LogP contribution in [-0.4, -0.2) is 6.41 Å². The molecule has 1 aromatic rings. The highest BCUT2D eigenvalue weighted by molar-refractivity contribution is 5.47. The minimum Gasteiger partial charge on any atom is -0.354 e. The Morgan fingerprint density at radius 1 is 1.27 bits per heavy atom. The van der Waals surface area contributed by atoms with Crippen molar-refractivity contribution in [1.82, 2.24) is 5.32 Å². The summed E-state index contributed by atoms with van der Waals surface area (Å²) in [5.74, 6) is 0. The van der Waals surface area contributed by atoms with Crippen molar-refractivity contribution in [2.45, 2.75) is 6.42 Å². The van der Waals surface area contributed by atoms with Crippen LogP contribution in [0.25, 0.3) is 0 Å². The molecule has 1 N–H and O–H groups in total. The average molecular weight is 148 g/mol. The van der Waals surface area contributed by atoms with Crippen LogP contribution < -0.4 is 5.32 Å². The van der Waals surface area contributed by atoms with Crippen molar-refractivity contribution < 1.29 is 4.79 Å². The number of nitrogens with one attached hydrogen (secondary N) is 1. The third-order valence-corrected chi connectivity index (χ3v) is 1.37. The third-order valence-electron chi connectivity index (χ3n) is 1.37. The summed E-state index contributed by atoms with van der Waals surface area (Å²) in [7, 11) is 0. The van der Waals surface area contributed by atoms with Gasteiger partial charge in [-0.05, 0) is 12.0 Å². The van der Waals surface area contributed by atoms with Gasteiger partial charge in [0.1, 0.15) is 0 Å². The second-order valence-electron chi connectivity index (χ2n) is 2.18. The van der Waals surface area contributed by atoms with Crippen LogP contribution >= 0.6 is 0 Å². The maximum absolute atomic E-state index is 9.85. The van der Waals surface area contributed by atoms with E-state index >= 15 is 0 Å². The summed E-state index contributed by atoms with van der Waals surface area (Å²) in [4.78, 5) is 9.85. The van der Waals surface area contributed by atoms with E-state index in [0.717, 1.165) is 6.42 Å². The van der Waals surface area contributed by atoms with Crippen molar-refractivity contribution in [3.8, 4) is 0 Å². The zero-order valence-electron chi connectivity index (χ0n) is 6.16. The topological polar surface area (TPSA) is 29.1 Å². The van der Waals surface area contributed by atoms with E-state index in [9.17, 15) is 4.79 Å². The van der Waals surface area contributed by atoms with Gasteiger partial charge in [-0.1, -0.05) is 30.3 Å². The molecule has 0 heterocycles. The summed E-state index contributed by atoms with van der Waals surface area (Å²) in [5, 5.41) is 2.49. The number of hydrogen-bond acceptors (Lipinski definition) is 1. The van der Waals surface area contributed by atoms with Gasteiger partial charge in [-0.15, -0.1) is 0 Å². The minimum atomic E-state index is 0.670. The third kappa shape index (κ3) is 2.85. The van der Waals surface area contributed by atoms with Gasteiger partial charge in [-0.2, -0.15) is 0 Å². The highest BCUT2D eigenvalue weighted by Gasteiger charge is 1.88. The van der Waals surface area contributed by atoms with Gasteiger partial charge in [0, 0.05) is 0 Å². The molecule has 1 rings (SSSR count). The molecule has 0 bridgehead atoms. The molecule has 0 aliphatic carbocycles. The highest BCUT2D eigenvalue weighted by atomic mass is 16.1. The second-order valence-corrected chi connectivity index (χ2v) is 2.18. The molecule has 0 unspecified atom stereocenters. The lowest BCUT2D eigenvalue weighted by Gasteiger charge is -1.97. The Hall–Kier alpha value is -1.31. The van der Waals surface area contributed by atoms with Crippen molar-refractivity contribution in [2.75, 3.05) is 0 Å². The Labute approximate surface area is 66.2 Å². The standard InChI is InChI=1S/C9H10NO/c11-8-10-7-6-9-4-2-1-3-5-9/h1-5,7-8H,6H2,(H,10,11). The van der Waals surface area contributed by atoms with Gasteiger partial charge in [0.25, 0.3) is 0 Å². The lowest BCUT2D eigenvalue weighted by Crippen LogP contribution is -2.07. The highest BCUT2D eigenvalue weighted by Crippen LogP contribution is 1.99. The van der Waals surface area contributed by atoms with E-state index < -0.39 is 0 Å². The largest absolute Gasteiger partial charge is 0.354 e. The van der Waals surface area contributed by atoms with E-state index in [-0.39, 0.29) is 0 Å². The Morgan fingerprint density at radius 2 is 2.00 bits per heavy atom. The zero-order valence-corrected chi connectivity index (χ0v) is 6.16. The molecular formula is C9H10NO. The number of benzene rings is 1. The van der Waals surface area contributed by atoms with E-state index in [0.29, 0.717) is 6.41 Å². The van der Waals surface area contributed by atoms with Crippen LogP contribution in [0.1, 0.15) is 5.56 Å². The van der Waals surface area contributed by atoms with Crippen LogP contribution in [0.5, 0.6) is 0 Å². The first-order valence-electron chi connectivity index (χ1n) is 3.49. The van der Waals surface area contributed by atoms with Gasteiger partial charge >= 0.3 is 0 Å². The Bertz CT molecular complexity index is 208. The van der Waals surface area contributed by atoms with Crippen molar-refractivity contribution in [2.24, 2.45) is 0 Å². The fourth-order valence-corrected chi connectivity index (χ4v) is 0.839. The van der Waals surface area contributed by atoms with Crippen LogP contribution in [0.15, 0.2) is 30.3 Å². The Balaban J connectivity index is 2.33. The first-order valence-corrected chi connectivity index (χ1v) is 3.49. The van der Waals surface area contributed by atoms with Crippen LogP contribution in [0.2, 0.25) is 0 Å². The van der Waals surface area contributed by atoms with E-state index in [2.05, 4.69) is 5.32 Å². The predicted molar refractivity (Wildman–Crippen MR) is 43.6 cm³/mol. The average Bonchev–Trinajstić information content (AvgIpc) is 2.07. The molecule has 0 fully saturated rings. The summed E-state index contributed by atoms with van der Waals surface area (Å²) >= 11 is 0. The molecule has 0 saturated heterocycles. The second kappa shape index (κ2) is 4.50. The van der Waals surface area contributed by atoms with Gasteiger partial charge in [-0.3, -0.25) is 4.79 Å². The first kappa shape index (κ1) is 7.79. The number of carbonyl (C=O) groups excluding carboxylic acids is 1. The molecule has 0 aromatic heterocycles. The molecule has 11 heavy (non-hydrogen) atoms. The molecule has 0 aliphatic heterocycles. The summed E-state index contributed by atoms with van der Waals surface area (Å²) in [6.07, 6.45) is 1.45. The molecular weight excluding hydrogens is 138 g/mol. The predicted octanol–water partition coefficient (Wildman–Crippen LogP) is 1.14. The summed E-state index contributed by atoms with van der Waals surface area (Å²) in [6, 6.07) is 9.96. The van der Waals surface area contributed by atoms with Gasteiger partial charge in [-0.25, -0.2) is 0 Å². The molecule has 0 aliphatic rings. The van der Waals surface area contributed by atoms with E-state index in [1.807, 2.05) is 30.3 Å². The van der Waals surface area contributed by atoms with Gasteiger partial charge in [0.2, 0.25) is 6.41 Å². The van der Waals surface area contributed by atoms with Gasteiger partial charge < -0.3 is 5.32 Å². The number of amides is 1. The Kier molecular flexibility index (Phi) is 3.19. The fourth-order valence-electron chi connectivity index (χ4n) is 0.839. The summed E-state index contributed by atoms with van der Waals surface area (Å²) in [5.41, 5.74) is 1.20. The molecule has 1 aromatic carbocycles. The Morgan fingerprint density at radius 3 is 2.64 bits per heavy atom. The number of rotatable bonds is 4.